The van der Waals surface area contributed by atoms with Gasteiger partial charge in [-0.2, -0.15) is 0 Å². The number of likely N-dealkylation sites (N-methyl/N-ethyl adjacent to an activating group) is 1. The summed E-state index contributed by atoms with van der Waals surface area (Å²) in [6.07, 6.45) is 0.806. The Morgan fingerprint density at radius 1 is 1.30 bits per heavy atom. The SMILES string of the molecule is CCN1CCc2nc3ccccc3c(C(=O)Nc3ccc(Br)cc3F)c2C1. The number of aromatic nitrogens is 1. The molecule has 0 fully saturated rings. The number of carbonyl (C=O) groups is 1. The highest BCUT2D eigenvalue weighted by Crippen LogP contribution is 2.29. The van der Waals surface area contributed by atoms with Gasteiger partial charge in [0.15, 0.2) is 0 Å². The van der Waals surface area contributed by atoms with Gasteiger partial charge < -0.3 is 5.32 Å². The van der Waals surface area contributed by atoms with Gasteiger partial charge in [0.05, 0.1) is 16.8 Å². The summed E-state index contributed by atoms with van der Waals surface area (Å²) >= 11 is 3.24. The van der Waals surface area contributed by atoms with Gasteiger partial charge in [-0.3, -0.25) is 14.7 Å². The number of fused-ring (bicyclic) bond motifs is 2. The van der Waals surface area contributed by atoms with Crippen LogP contribution in [0.4, 0.5) is 10.1 Å². The quantitative estimate of drug-likeness (QED) is 0.654. The molecule has 4 nitrogen and oxygen atoms in total. The first-order valence-corrected chi connectivity index (χ1v) is 9.75. The molecule has 0 bridgehead atoms. The van der Waals surface area contributed by atoms with Gasteiger partial charge >= 0.3 is 0 Å². The van der Waals surface area contributed by atoms with Crippen molar-refractivity contribution in [2.45, 2.75) is 19.9 Å². The highest BCUT2D eigenvalue weighted by molar-refractivity contribution is 9.10. The van der Waals surface area contributed by atoms with Crippen LogP contribution in [0.15, 0.2) is 46.9 Å². The predicted molar refractivity (Wildman–Crippen MR) is 108 cm³/mol. The molecule has 6 heteroatoms. The Morgan fingerprint density at radius 3 is 2.89 bits per heavy atom. The number of nitrogens with zero attached hydrogens (tertiary/aromatic N) is 2. The Hall–Kier alpha value is -2.31. The molecule has 2 aromatic carbocycles. The molecular weight excluding hydrogens is 409 g/mol. The van der Waals surface area contributed by atoms with Crippen LogP contribution < -0.4 is 5.32 Å². The van der Waals surface area contributed by atoms with Crippen molar-refractivity contribution >= 4 is 38.4 Å². The van der Waals surface area contributed by atoms with Crippen molar-refractivity contribution in [2.24, 2.45) is 0 Å². The fourth-order valence-corrected chi connectivity index (χ4v) is 3.88. The van der Waals surface area contributed by atoms with Crippen LogP contribution in [0.2, 0.25) is 0 Å². The largest absolute Gasteiger partial charge is 0.319 e. The molecule has 3 aromatic rings. The molecule has 0 atom stereocenters. The molecule has 27 heavy (non-hydrogen) atoms. The number of amides is 1. The van der Waals surface area contributed by atoms with Gasteiger partial charge in [-0.1, -0.05) is 41.1 Å². The average molecular weight is 428 g/mol. The average Bonchev–Trinajstić information content (AvgIpc) is 2.67. The molecule has 1 aliphatic heterocycles. The first-order chi connectivity index (χ1) is 13.1. The van der Waals surface area contributed by atoms with Crippen LogP contribution >= 0.6 is 15.9 Å². The summed E-state index contributed by atoms with van der Waals surface area (Å²) in [5.74, 6) is -0.774. The van der Waals surface area contributed by atoms with E-state index in [2.05, 4.69) is 33.1 Å². The third kappa shape index (κ3) is 3.47. The minimum atomic E-state index is -0.472. The second-order valence-electron chi connectivity index (χ2n) is 6.63. The van der Waals surface area contributed by atoms with E-state index in [9.17, 15) is 9.18 Å². The van der Waals surface area contributed by atoms with Gasteiger partial charge in [0.1, 0.15) is 5.82 Å². The van der Waals surface area contributed by atoms with E-state index in [4.69, 9.17) is 4.98 Å². The first kappa shape index (κ1) is 18.1. The van der Waals surface area contributed by atoms with Crippen LogP contribution in [-0.4, -0.2) is 28.9 Å². The number of halogens is 2. The fourth-order valence-electron chi connectivity index (χ4n) is 3.55. The van der Waals surface area contributed by atoms with E-state index in [1.807, 2.05) is 24.3 Å². The summed E-state index contributed by atoms with van der Waals surface area (Å²) in [7, 11) is 0. The van der Waals surface area contributed by atoms with Gasteiger partial charge in [-0.05, 0) is 30.8 Å². The molecule has 138 valence electrons. The topological polar surface area (TPSA) is 45.2 Å². The highest BCUT2D eigenvalue weighted by Gasteiger charge is 2.25. The molecular formula is C21H19BrFN3O. The van der Waals surface area contributed by atoms with Crippen molar-refractivity contribution in [2.75, 3.05) is 18.4 Å². The third-order valence-corrected chi connectivity index (χ3v) is 5.47. The second-order valence-corrected chi connectivity index (χ2v) is 7.54. The monoisotopic (exact) mass is 427 g/mol. The standard InChI is InChI=1S/C21H19BrFN3O/c1-2-26-10-9-18-15(12-26)20(14-5-3-4-6-17(14)24-18)21(27)25-19-8-7-13(22)11-16(19)23/h3-8,11H,2,9-10,12H2,1H3,(H,25,27). The lowest BCUT2D eigenvalue weighted by Gasteiger charge is -2.29. The predicted octanol–water partition coefficient (Wildman–Crippen LogP) is 4.77. The minimum absolute atomic E-state index is 0.168. The molecule has 4 rings (SSSR count). The van der Waals surface area contributed by atoms with E-state index in [-0.39, 0.29) is 11.6 Å². The van der Waals surface area contributed by atoms with Crippen LogP contribution in [0.5, 0.6) is 0 Å². The van der Waals surface area contributed by atoms with Gasteiger partial charge in [-0.15, -0.1) is 0 Å². The molecule has 1 N–H and O–H groups in total. The molecule has 0 unspecified atom stereocenters. The lowest BCUT2D eigenvalue weighted by molar-refractivity contribution is 0.102. The summed E-state index contributed by atoms with van der Waals surface area (Å²) in [4.78, 5) is 20.3. The maximum atomic E-state index is 14.2. The molecule has 1 aliphatic rings. The van der Waals surface area contributed by atoms with Crippen molar-refractivity contribution in [3.8, 4) is 0 Å². The van der Waals surface area contributed by atoms with Crippen molar-refractivity contribution in [3.63, 3.8) is 0 Å². The van der Waals surface area contributed by atoms with E-state index < -0.39 is 5.82 Å². The zero-order valence-electron chi connectivity index (χ0n) is 14.9. The second kappa shape index (κ2) is 7.37. The van der Waals surface area contributed by atoms with E-state index in [0.717, 1.165) is 41.7 Å². The molecule has 0 radical (unpaired) electrons. The lowest BCUT2D eigenvalue weighted by Crippen LogP contribution is -2.33. The van der Waals surface area contributed by atoms with E-state index in [1.54, 1.807) is 12.1 Å². The zero-order chi connectivity index (χ0) is 19.0. The Labute approximate surface area is 165 Å². The molecule has 0 saturated carbocycles. The van der Waals surface area contributed by atoms with Crippen LogP contribution in [0.1, 0.15) is 28.5 Å². The molecule has 0 spiro atoms. The Bertz CT molecular complexity index is 1040. The summed E-state index contributed by atoms with van der Waals surface area (Å²) in [6, 6.07) is 12.2. The Morgan fingerprint density at radius 2 is 2.11 bits per heavy atom. The van der Waals surface area contributed by atoms with Gasteiger partial charge in [-0.25, -0.2) is 4.39 Å². The number of nitrogens with one attached hydrogen (secondary N) is 1. The smallest absolute Gasteiger partial charge is 0.256 e. The summed E-state index contributed by atoms with van der Waals surface area (Å²) in [5, 5.41) is 3.54. The van der Waals surface area contributed by atoms with Crippen molar-refractivity contribution in [3.05, 3.63) is 69.6 Å². The maximum absolute atomic E-state index is 14.2. The van der Waals surface area contributed by atoms with Crippen LogP contribution in [0.3, 0.4) is 0 Å². The zero-order valence-corrected chi connectivity index (χ0v) is 16.5. The van der Waals surface area contributed by atoms with E-state index in [1.165, 1.54) is 6.07 Å². The molecule has 0 aliphatic carbocycles. The van der Waals surface area contributed by atoms with Crippen molar-refractivity contribution in [1.82, 2.24) is 9.88 Å². The van der Waals surface area contributed by atoms with Crippen molar-refractivity contribution in [1.29, 1.82) is 0 Å². The molecule has 2 heterocycles. The van der Waals surface area contributed by atoms with Gasteiger partial charge in [0, 0.05) is 40.6 Å². The number of anilines is 1. The third-order valence-electron chi connectivity index (χ3n) is 4.98. The van der Waals surface area contributed by atoms with E-state index >= 15 is 0 Å². The Balaban J connectivity index is 1.82. The lowest BCUT2D eigenvalue weighted by atomic mass is 9.95. The van der Waals surface area contributed by atoms with Crippen LogP contribution in [0.25, 0.3) is 10.9 Å². The first-order valence-electron chi connectivity index (χ1n) is 8.96. The number of hydrogen-bond donors (Lipinski definition) is 1. The number of pyridine rings is 1. The number of rotatable bonds is 3. The number of carbonyl (C=O) groups excluding carboxylic acids is 1. The molecule has 0 saturated heterocycles. The van der Waals surface area contributed by atoms with E-state index in [0.29, 0.717) is 16.6 Å². The summed E-state index contributed by atoms with van der Waals surface area (Å²) in [6.45, 7) is 4.62. The Kier molecular flexibility index (Phi) is 4.93. The van der Waals surface area contributed by atoms with Gasteiger partial charge in [0.25, 0.3) is 5.91 Å². The fraction of sp³-hybridized carbons (Fsp3) is 0.238. The number of para-hydroxylation sites is 1. The van der Waals surface area contributed by atoms with Crippen molar-refractivity contribution < 1.29 is 9.18 Å². The number of benzene rings is 2. The van der Waals surface area contributed by atoms with Gasteiger partial charge in [0.2, 0.25) is 0 Å². The van der Waals surface area contributed by atoms with Crippen LogP contribution in [-0.2, 0) is 13.0 Å². The summed E-state index contributed by atoms with van der Waals surface area (Å²) < 4.78 is 14.9. The maximum Gasteiger partial charge on any atom is 0.256 e. The van der Waals surface area contributed by atoms with Crippen LogP contribution in [0, 0.1) is 5.82 Å². The molecule has 1 amide bonds. The summed E-state index contributed by atoms with van der Waals surface area (Å²) in [5.41, 5.74) is 3.45. The number of hydrogen-bond acceptors (Lipinski definition) is 3. The highest BCUT2D eigenvalue weighted by atomic mass is 79.9. The normalized spacial score (nSPS) is 14.2. The molecule has 1 aromatic heterocycles. The minimum Gasteiger partial charge on any atom is -0.319 e.